The van der Waals surface area contributed by atoms with E-state index < -0.39 is 14.9 Å². The maximum atomic E-state index is 12.6. The Labute approximate surface area is 139 Å². The number of carbonyl (C=O) groups is 1. The topological polar surface area (TPSA) is 113 Å². The summed E-state index contributed by atoms with van der Waals surface area (Å²) in [6, 6.07) is 4.55. The Kier molecular flexibility index (Phi) is 5.38. The van der Waals surface area contributed by atoms with Crippen molar-refractivity contribution in [1.29, 1.82) is 0 Å². The molecule has 1 fully saturated rings. The molecule has 0 spiro atoms. The van der Waals surface area contributed by atoms with Crippen molar-refractivity contribution in [3.05, 3.63) is 34.4 Å². The molecule has 0 aromatic heterocycles. The Morgan fingerprint density at radius 1 is 1.33 bits per heavy atom. The second kappa shape index (κ2) is 7.29. The van der Waals surface area contributed by atoms with E-state index >= 15 is 0 Å². The van der Waals surface area contributed by atoms with Crippen molar-refractivity contribution in [2.24, 2.45) is 0 Å². The SMILES string of the molecule is C#CCNC(=O)N1CCN(S(=O)(=O)c2cccc([N+](=O)[O-])c2)CC1. The van der Waals surface area contributed by atoms with Crippen LogP contribution in [0, 0.1) is 22.5 Å². The van der Waals surface area contributed by atoms with E-state index in [9.17, 15) is 23.3 Å². The zero-order valence-corrected chi connectivity index (χ0v) is 13.5. The summed E-state index contributed by atoms with van der Waals surface area (Å²) < 4.78 is 26.3. The lowest BCUT2D eigenvalue weighted by molar-refractivity contribution is -0.385. The first-order chi connectivity index (χ1) is 11.4. The van der Waals surface area contributed by atoms with Gasteiger partial charge in [-0.05, 0) is 6.07 Å². The standard InChI is InChI=1S/C14H16N4O5S/c1-2-6-15-14(19)16-7-9-17(10-8-16)24(22,23)13-5-3-4-12(11-13)18(20)21/h1,3-5,11H,6-10H2,(H,15,19). The minimum absolute atomic E-state index is 0.102. The van der Waals surface area contributed by atoms with Gasteiger partial charge in [0, 0.05) is 38.3 Å². The number of nitrogens with one attached hydrogen (secondary N) is 1. The molecular weight excluding hydrogens is 336 g/mol. The molecule has 10 heteroatoms. The lowest BCUT2D eigenvalue weighted by Gasteiger charge is -2.33. The first kappa shape index (κ1) is 17.7. The van der Waals surface area contributed by atoms with Gasteiger partial charge in [-0.15, -0.1) is 6.42 Å². The average molecular weight is 352 g/mol. The van der Waals surface area contributed by atoms with Crippen LogP contribution in [-0.2, 0) is 10.0 Å². The molecule has 1 saturated heterocycles. The fourth-order valence-corrected chi connectivity index (χ4v) is 3.74. The highest BCUT2D eigenvalue weighted by Gasteiger charge is 2.30. The van der Waals surface area contributed by atoms with Gasteiger partial charge in [-0.3, -0.25) is 10.1 Å². The molecule has 1 aliphatic rings. The zero-order chi connectivity index (χ0) is 17.7. The maximum absolute atomic E-state index is 12.6. The van der Waals surface area contributed by atoms with Crippen LogP contribution in [0.2, 0.25) is 0 Å². The summed E-state index contributed by atoms with van der Waals surface area (Å²) in [6.45, 7) is 0.739. The van der Waals surface area contributed by atoms with Crippen LogP contribution in [0.15, 0.2) is 29.2 Å². The van der Waals surface area contributed by atoms with Gasteiger partial charge in [0.05, 0.1) is 16.4 Å². The number of non-ortho nitro benzene ring substituents is 1. The van der Waals surface area contributed by atoms with Crippen LogP contribution in [0.4, 0.5) is 10.5 Å². The smallest absolute Gasteiger partial charge is 0.318 e. The molecular formula is C14H16N4O5S. The Morgan fingerprint density at radius 2 is 2.00 bits per heavy atom. The van der Waals surface area contributed by atoms with Crippen LogP contribution in [0.5, 0.6) is 0 Å². The van der Waals surface area contributed by atoms with E-state index in [-0.39, 0.29) is 49.3 Å². The molecule has 0 radical (unpaired) electrons. The van der Waals surface area contributed by atoms with Crippen molar-refractivity contribution >= 4 is 21.7 Å². The molecule has 1 aliphatic heterocycles. The van der Waals surface area contributed by atoms with E-state index in [0.717, 1.165) is 6.07 Å². The Bertz CT molecular complexity index is 779. The molecule has 1 N–H and O–H groups in total. The predicted molar refractivity (Wildman–Crippen MR) is 85.7 cm³/mol. The summed E-state index contributed by atoms with van der Waals surface area (Å²) in [6.07, 6.45) is 5.06. The number of sulfonamides is 1. The van der Waals surface area contributed by atoms with Crippen molar-refractivity contribution in [3.63, 3.8) is 0 Å². The number of piperazine rings is 1. The van der Waals surface area contributed by atoms with Crippen LogP contribution in [-0.4, -0.2) is 61.3 Å². The van der Waals surface area contributed by atoms with Crippen LogP contribution < -0.4 is 5.32 Å². The number of nitro groups is 1. The minimum atomic E-state index is -3.85. The first-order valence-electron chi connectivity index (χ1n) is 7.07. The molecule has 0 aliphatic carbocycles. The van der Waals surface area contributed by atoms with E-state index in [2.05, 4.69) is 11.2 Å². The van der Waals surface area contributed by atoms with E-state index in [1.165, 1.54) is 27.4 Å². The van der Waals surface area contributed by atoms with Crippen LogP contribution in [0.25, 0.3) is 0 Å². The monoisotopic (exact) mass is 352 g/mol. The Hall–Kier alpha value is -2.64. The van der Waals surface area contributed by atoms with Gasteiger partial charge in [-0.1, -0.05) is 12.0 Å². The lowest BCUT2D eigenvalue weighted by Crippen LogP contribution is -2.53. The fraction of sp³-hybridized carbons (Fsp3) is 0.357. The molecule has 0 unspecified atom stereocenters. The highest BCUT2D eigenvalue weighted by atomic mass is 32.2. The minimum Gasteiger partial charge on any atom is -0.327 e. The van der Waals surface area contributed by atoms with E-state index in [4.69, 9.17) is 6.42 Å². The molecule has 1 heterocycles. The van der Waals surface area contributed by atoms with Gasteiger partial charge in [0.15, 0.2) is 0 Å². The Balaban J connectivity index is 2.08. The summed E-state index contributed by atoms with van der Waals surface area (Å²) in [5, 5.41) is 13.3. The number of terminal acetylenes is 1. The third-order valence-corrected chi connectivity index (χ3v) is 5.43. The average Bonchev–Trinajstić information content (AvgIpc) is 2.59. The van der Waals surface area contributed by atoms with E-state index in [1.807, 2.05) is 0 Å². The van der Waals surface area contributed by atoms with Gasteiger partial charge in [-0.2, -0.15) is 4.31 Å². The molecule has 24 heavy (non-hydrogen) atoms. The van der Waals surface area contributed by atoms with Crippen molar-refractivity contribution in [2.75, 3.05) is 32.7 Å². The van der Waals surface area contributed by atoms with Gasteiger partial charge in [-0.25, -0.2) is 13.2 Å². The number of carbonyl (C=O) groups excluding carboxylic acids is 1. The summed E-state index contributed by atoms with van der Waals surface area (Å²) in [4.78, 5) is 23.3. The Morgan fingerprint density at radius 3 is 2.58 bits per heavy atom. The number of benzene rings is 1. The largest absolute Gasteiger partial charge is 0.327 e. The normalized spacial score (nSPS) is 15.5. The van der Waals surface area contributed by atoms with Crippen molar-refractivity contribution < 1.29 is 18.1 Å². The van der Waals surface area contributed by atoms with E-state index in [0.29, 0.717) is 0 Å². The maximum Gasteiger partial charge on any atom is 0.318 e. The molecule has 1 aromatic carbocycles. The molecule has 1 aromatic rings. The summed E-state index contributed by atoms with van der Waals surface area (Å²) in [5.74, 6) is 2.29. The van der Waals surface area contributed by atoms with E-state index in [1.54, 1.807) is 0 Å². The highest BCUT2D eigenvalue weighted by Crippen LogP contribution is 2.22. The summed E-state index contributed by atoms with van der Waals surface area (Å²) >= 11 is 0. The van der Waals surface area contributed by atoms with Crippen LogP contribution in [0.1, 0.15) is 0 Å². The van der Waals surface area contributed by atoms with Gasteiger partial charge >= 0.3 is 6.03 Å². The molecule has 2 rings (SSSR count). The number of rotatable bonds is 4. The third kappa shape index (κ3) is 3.81. The van der Waals surface area contributed by atoms with Crippen molar-refractivity contribution in [3.8, 4) is 12.3 Å². The molecule has 9 nitrogen and oxygen atoms in total. The predicted octanol–water partition coefficient (Wildman–Crippen LogP) is 0.244. The second-order valence-electron chi connectivity index (χ2n) is 5.01. The van der Waals surface area contributed by atoms with Crippen molar-refractivity contribution in [2.45, 2.75) is 4.90 Å². The summed E-state index contributed by atoms with van der Waals surface area (Å²) in [5.41, 5.74) is -0.289. The number of nitro benzene ring substituents is 1. The first-order valence-corrected chi connectivity index (χ1v) is 8.51. The van der Waals surface area contributed by atoms with Crippen molar-refractivity contribution in [1.82, 2.24) is 14.5 Å². The van der Waals surface area contributed by atoms with Gasteiger partial charge < -0.3 is 10.2 Å². The lowest BCUT2D eigenvalue weighted by atomic mass is 10.3. The summed E-state index contributed by atoms with van der Waals surface area (Å²) in [7, 11) is -3.85. The zero-order valence-electron chi connectivity index (χ0n) is 12.7. The second-order valence-corrected chi connectivity index (χ2v) is 6.95. The number of urea groups is 1. The van der Waals surface area contributed by atoms with Gasteiger partial charge in [0.2, 0.25) is 10.0 Å². The highest BCUT2D eigenvalue weighted by molar-refractivity contribution is 7.89. The molecule has 0 saturated carbocycles. The number of nitrogens with zero attached hydrogens (tertiary/aromatic N) is 3. The number of amides is 2. The van der Waals surface area contributed by atoms with Crippen LogP contribution >= 0.6 is 0 Å². The molecule has 2 amide bonds. The quantitative estimate of drug-likeness (QED) is 0.474. The fourth-order valence-electron chi connectivity index (χ4n) is 2.28. The number of hydrogen-bond donors (Lipinski definition) is 1. The molecule has 128 valence electrons. The van der Waals surface area contributed by atoms with Crippen LogP contribution in [0.3, 0.4) is 0 Å². The van der Waals surface area contributed by atoms with Gasteiger partial charge in [0.1, 0.15) is 0 Å². The molecule has 0 atom stereocenters. The van der Waals surface area contributed by atoms with Gasteiger partial charge in [0.25, 0.3) is 5.69 Å². The number of hydrogen-bond acceptors (Lipinski definition) is 5. The third-order valence-electron chi connectivity index (χ3n) is 3.53. The molecule has 0 bridgehead atoms.